The number of hydrogen-bond acceptors (Lipinski definition) is 6. The van der Waals surface area contributed by atoms with E-state index in [2.05, 4.69) is 5.16 Å². The van der Waals surface area contributed by atoms with Crippen LogP contribution in [0.2, 0.25) is 0 Å². The predicted octanol–water partition coefficient (Wildman–Crippen LogP) is 0.960. The summed E-state index contributed by atoms with van der Waals surface area (Å²) in [5, 5.41) is 3.42. The van der Waals surface area contributed by atoms with Crippen LogP contribution in [0.4, 0.5) is 0 Å². The summed E-state index contributed by atoms with van der Waals surface area (Å²) in [6, 6.07) is 6.91. The number of amides is 1. The van der Waals surface area contributed by atoms with Gasteiger partial charge in [0.05, 0.1) is 19.8 Å². The highest BCUT2D eigenvalue weighted by Gasteiger charge is 2.19. The second kappa shape index (κ2) is 13.0. The van der Waals surface area contributed by atoms with E-state index in [1.54, 1.807) is 36.3 Å². The van der Waals surface area contributed by atoms with Crippen molar-refractivity contribution in [2.45, 2.75) is 12.0 Å². The van der Waals surface area contributed by atoms with Crippen molar-refractivity contribution in [3.63, 3.8) is 0 Å². The fraction of sp³-hybridized carbons (Fsp3) is 0.529. The molecule has 0 bridgehead atoms. The smallest absolute Gasteiger partial charge is 0.254 e. The Morgan fingerprint density at radius 3 is 2.70 bits per heavy atom. The average Bonchev–Trinajstić information content (AvgIpc) is 2.67. The number of nitrogens with zero attached hydrogens (tertiary/aromatic N) is 2. The van der Waals surface area contributed by atoms with E-state index >= 15 is 0 Å². The lowest BCUT2D eigenvalue weighted by molar-refractivity contribution is 0.0581. The van der Waals surface area contributed by atoms with Crippen molar-refractivity contribution in [3.05, 3.63) is 29.8 Å². The number of carbonyl (C=O) groups excluding carboxylic acids is 1. The fourth-order valence-electron chi connectivity index (χ4n) is 2.06. The van der Waals surface area contributed by atoms with Crippen LogP contribution >= 0.6 is 11.6 Å². The first kappa shape index (κ1) is 22.8. The molecule has 1 atom stereocenters. The molecule has 1 unspecified atom stereocenters. The molecule has 27 heavy (non-hydrogen) atoms. The minimum Gasteiger partial charge on any atom is -0.493 e. The largest absolute Gasteiger partial charge is 0.493 e. The Hall–Kier alpha value is -2.23. The van der Waals surface area contributed by atoms with E-state index in [1.807, 2.05) is 0 Å². The van der Waals surface area contributed by atoms with Crippen LogP contribution in [0.1, 0.15) is 16.8 Å². The molecule has 0 aliphatic heterocycles. The topological polar surface area (TPSA) is 122 Å². The van der Waals surface area contributed by atoms with E-state index in [0.29, 0.717) is 44.1 Å². The first-order chi connectivity index (χ1) is 13.0. The normalized spacial score (nSPS) is 11.5. The average molecular weight is 403 g/mol. The summed E-state index contributed by atoms with van der Waals surface area (Å²) < 4.78 is 15.7. The van der Waals surface area contributed by atoms with Crippen molar-refractivity contribution in [2.75, 3.05) is 47.1 Å². The molecule has 1 rings (SSSR count). The number of alkyl halides is 1. The van der Waals surface area contributed by atoms with Gasteiger partial charge in [0.2, 0.25) is 5.96 Å². The molecular formula is C17H27ClN4O5. The predicted molar refractivity (Wildman–Crippen MR) is 103 cm³/mol. The highest BCUT2D eigenvalue weighted by atomic mass is 35.5. The van der Waals surface area contributed by atoms with Crippen LogP contribution in [0.25, 0.3) is 0 Å². The molecule has 9 nitrogen and oxygen atoms in total. The third-order valence-corrected chi connectivity index (χ3v) is 3.69. The van der Waals surface area contributed by atoms with Gasteiger partial charge in [0.15, 0.2) is 0 Å². The summed E-state index contributed by atoms with van der Waals surface area (Å²) in [5.41, 5.74) is 10.2. The van der Waals surface area contributed by atoms with Gasteiger partial charge in [-0.25, -0.2) is 0 Å². The Kier molecular flexibility index (Phi) is 11.0. The molecule has 10 heteroatoms. The molecule has 1 aromatic rings. The van der Waals surface area contributed by atoms with Gasteiger partial charge in [-0.3, -0.25) is 4.79 Å². The number of carbonyl (C=O) groups is 1. The summed E-state index contributed by atoms with van der Waals surface area (Å²) in [6.45, 7) is 1.74. The zero-order valence-electron chi connectivity index (χ0n) is 15.6. The van der Waals surface area contributed by atoms with Gasteiger partial charge >= 0.3 is 0 Å². The van der Waals surface area contributed by atoms with Crippen LogP contribution < -0.4 is 16.2 Å². The summed E-state index contributed by atoms with van der Waals surface area (Å²) >= 11 is 6.01. The lowest BCUT2D eigenvalue weighted by atomic mass is 10.2. The SMILES string of the molecule is COCCN(CC(Cl)OC)C(=O)c1cccc(OCCCON=C(N)N)c1. The van der Waals surface area contributed by atoms with Gasteiger partial charge in [0.25, 0.3) is 5.91 Å². The molecule has 4 N–H and O–H groups in total. The maximum absolute atomic E-state index is 12.8. The maximum Gasteiger partial charge on any atom is 0.254 e. The molecule has 0 heterocycles. The Morgan fingerprint density at radius 2 is 2.04 bits per heavy atom. The summed E-state index contributed by atoms with van der Waals surface area (Å²) in [7, 11) is 3.06. The molecule has 0 saturated heterocycles. The first-order valence-corrected chi connectivity index (χ1v) is 8.80. The van der Waals surface area contributed by atoms with Crippen molar-refractivity contribution in [2.24, 2.45) is 16.6 Å². The van der Waals surface area contributed by atoms with Crippen molar-refractivity contribution in [1.29, 1.82) is 0 Å². The minimum absolute atomic E-state index is 0.132. The molecule has 0 saturated carbocycles. The van der Waals surface area contributed by atoms with Crippen LogP contribution in [0.3, 0.4) is 0 Å². The van der Waals surface area contributed by atoms with Crippen LogP contribution in [0.5, 0.6) is 5.75 Å². The van der Waals surface area contributed by atoms with Crippen molar-refractivity contribution >= 4 is 23.5 Å². The number of rotatable bonds is 13. The van der Waals surface area contributed by atoms with Gasteiger partial charge < -0.3 is 35.4 Å². The second-order valence-corrected chi connectivity index (χ2v) is 5.96. The highest BCUT2D eigenvalue weighted by Crippen LogP contribution is 2.16. The number of halogens is 1. The number of methoxy groups -OCH3 is 2. The molecule has 0 radical (unpaired) electrons. The molecule has 0 fully saturated rings. The van der Waals surface area contributed by atoms with E-state index in [9.17, 15) is 4.79 Å². The van der Waals surface area contributed by atoms with Gasteiger partial charge in [-0.05, 0) is 23.4 Å². The fourth-order valence-corrected chi connectivity index (χ4v) is 2.23. The maximum atomic E-state index is 12.8. The van der Waals surface area contributed by atoms with Gasteiger partial charge in [-0.1, -0.05) is 17.7 Å². The Labute approximate surface area is 164 Å². The second-order valence-electron chi connectivity index (χ2n) is 5.47. The highest BCUT2D eigenvalue weighted by molar-refractivity contribution is 6.20. The van der Waals surface area contributed by atoms with Crippen LogP contribution in [0.15, 0.2) is 29.4 Å². The standard InChI is InChI=1S/C17H27ClN4O5/c1-24-10-7-22(12-15(18)25-2)16(23)13-5-3-6-14(11-13)26-8-4-9-27-21-17(19)20/h3,5-6,11,15H,4,7-10,12H2,1-2H3,(H4,19,20,21). The Bertz CT molecular complexity index is 598. The number of benzene rings is 1. The van der Waals surface area contributed by atoms with Gasteiger partial charge in [0, 0.05) is 32.7 Å². The molecule has 152 valence electrons. The Balaban J connectivity index is 2.63. The zero-order chi connectivity index (χ0) is 20.1. The molecule has 0 aliphatic carbocycles. The number of nitrogens with two attached hydrogens (primary N) is 2. The summed E-state index contributed by atoms with van der Waals surface area (Å²) in [6.07, 6.45) is 0.580. The summed E-state index contributed by atoms with van der Waals surface area (Å²) in [5.74, 6) is 0.257. The van der Waals surface area contributed by atoms with E-state index in [-0.39, 0.29) is 18.4 Å². The summed E-state index contributed by atoms with van der Waals surface area (Å²) in [4.78, 5) is 19.2. The van der Waals surface area contributed by atoms with Crippen molar-refractivity contribution in [3.8, 4) is 5.75 Å². The third-order valence-electron chi connectivity index (χ3n) is 3.37. The van der Waals surface area contributed by atoms with E-state index in [1.165, 1.54) is 7.11 Å². The molecular weight excluding hydrogens is 376 g/mol. The number of oxime groups is 1. The molecule has 0 aliphatic rings. The van der Waals surface area contributed by atoms with Crippen LogP contribution in [-0.2, 0) is 14.3 Å². The Morgan fingerprint density at radius 1 is 1.26 bits per heavy atom. The third kappa shape index (κ3) is 9.32. The van der Waals surface area contributed by atoms with Gasteiger partial charge in [-0.15, -0.1) is 0 Å². The van der Waals surface area contributed by atoms with Crippen LogP contribution in [-0.4, -0.2) is 69.5 Å². The van der Waals surface area contributed by atoms with Crippen molar-refractivity contribution < 1.29 is 23.8 Å². The molecule has 0 spiro atoms. The number of guanidine groups is 1. The van der Waals surface area contributed by atoms with E-state index < -0.39 is 5.56 Å². The quantitative estimate of drug-likeness (QED) is 0.166. The molecule has 0 aromatic heterocycles. The first-order valence-electron chi connectivity index (χ1n) is 8.36. The number of ether oxygens (including phenoxy) is 3. The number of hydrogen-bond donors (Lipinski definition) is 2. The zero-order valence-corrected chi connectivity index (χ0v) is 16.4. The van der Waals surface area contributed by atoms with Gasteiger partial charge in [-0.2, -0.15) is 0 Å². The lowest BCUT2D eigenvalue weighted by Gasteiger charge is -2.24. The lowest BCUT2D eigenvalue weighted by Crippen LogP contribution is -2.38. The monoisotopic (exact) mass is 402 g/mol. The van der Waals surface area contributed by atoms with Gasteiger partial charge in [0.1, 0.15) is 17.9 Å². The minimum atomic E-state index is -0.601. The molecule has 1 amide bonds. The van der Waals surface area contributed by atoms with E-state index in [4.69, 9.17) is 42.1 Å². The van der Waals surface area contributed by atoms with Crippen molar-refractivity contribution in [1.82, 2.24) is 4.90 Å². The van der Waals surface area contributed by atoms with Crippen LogP contribution in [0, 0.1) is 0 Å². The molecule has 1 aromatic carbocycles. The van der Waals surface area contributed by atoms with E-state index in [0.717, 1.165) is 0 Å².